The van der Waals surface area contributed by atoms with E-state index in [0.717, 1.165) is 6.42 Å². The maximum absolute atomic E-state index is 12.5. The fraction of sp³-hybridized carbons (Fsp3) is 0.400. The molecule has 2 heterocycles. The van der Waals surface area contributed by atoms with Crippen LogP contribution in [-0.2, 0) is 22.3 Å². The molecule has 1 aliphatic rings. The number of carbonyl (C=O) groups is 1. The average Bonchev–Trinajstić information content (AvgIpc) is 3.24. The number of nitrogens with zero attached hydrogens (tertiary/aromatic N) is 2. The Bertz CT molecular complexity index is 773. The Morgan fingerprint density at radius 2 is 2.20 bits per heavy atom. The third kappa shape index (κ3) is 4.10. The Labute approximate surface area is 145 Å². The van der Waals surface area contributed by atoms with Crippen LogP contribution in [0.25, 0.3) is 11.4 Å². The van der Waals surface area contributed by atoms with Crippen LogP contribution in [0.4, 0.5) is 13.2 Å². The minimum atomic E-state index is -4.71. The monoisotopic (exact) mass is 375 g/mol. The Kier molecular flexibility index (Phi) is 4.96. The lowest BCUT2D eigenvalue weighted by Gasteiger charge is -2.11. The second-order valence-electron chi connectivity index (χ2n) is 5.45. The number of halogens is 4. The highest BCUT2D eigenvalue weighted by Crippen LogP contribution is 2.30. The molecule has 25 heavy (non-hydrogen) atoms. The summed E-state index contributed by atoms with van der Waals surface area (Å²) >= 11 is 6.13. The summed E-state index contributed by atoms with van der Waals surface area (Å²) in [5.41, 5.74) is 0.884. The zero-order valence-corrected chi connectivity index (χ0v) is 13.5. The van der Waals surface area contributed by atoms with Gasteiger partial charge >= 0.3 is 12.1 Å². The van der Waals surface area contributed by atoms with E-state index in [2.05, 4.69) is 20.0 Å². The predicted molar refractivity (Wildman–Crippen MR) is 80.6 cm³/mol. The van der Waals surface area contributed by atoms with Gasteiger partial charge in [-0.3, -0.25) is 4.79 Å². The summed E-state index contributed by atoms with van der Waals surface area (Å²) in [4.78, 5) is 15.2. The third-order valence-corrected chi connectivity index (χ3v) is 4.01. The summed E-state index contributed by atoms with van der Waals surface area (Å²) in [5.74, 6) is -1.86. The molecule has 0 radical (unpaired) electrons. The van der Waals surface area contributed by atoms with Crippen molar-refractivity contribution in [3.63, 3.8) is 0 Å². The molecule has 1 saturated heterocycles. The minimum Gasteiger partial charge on any atom is -0.368 e. The summed E-state index contributed by atoms with van der Waals surface area (Å²) < 4.78 is 46.9. The molecule has 0 saturated carbocycles. The number of ether oxygens (including phenoxy) is 1. The van der Waals surface area contributed by atoms with Crippen LogP contribution < -0.4 is 5.32 Å². The first-order valence-electron chi connectivity index (χ1n) is 7.43. The number of amides is 1. The van der Waals surface area contributed by atoms with Crippen molar-refractivity contribution in [1.82, 2.24) is 15.5 Å². The highest BCUT2D eigenvalue weighted by molar-refractivity contribution is 6.31. The zero-order valence-electron chi connectivity index (χ0n) is 12.8. The van der Waals surface area contributed by atoms with Gasteiger partial charge in [0, 0.05) is 23.7 Å². The molecule has 0 bridgehead atoms. The van der Waals surface area contributed by atoms with Gasteiger partial charge in [-0.1, -0.05) is 28.9 Å². The number of alkyl halides is 3. The van der Waals surface area contributed by atoms with E-state index in [-0.39, 0.29) is 28.9 Å². The molecule has 1 aromatic heterocycles. The highest BCUT2D eigenvalue weighted by atomic mass is 35.5. The fourth-order valence-electron chi connectivity index (χ4n) is 2.37. The number of nitrogens with one attached hydrogen (secondary N) is 1. The molecule has 1 atom stereocenters. The van der Waals surface area contributed by atoms with Crippen molar-refractivity contribution in [2.24, 2.45) is 0 Å². The lowest BCUT2D eigenvalue weighted by atomic mass is 10.1. The number of benzene rings is 1. The first-order valence-corrected chi connectivity index (χ1v) is 7.81. The first-order chi connectivity index (χ1) is 11.8. The van der Waals surface area contributed by atoms with Crippen molar-refractivity contribution in [3.05, 3.63) is 34.7 Å². The fourth-order valence-corrected chi connectivity index (χ4v) is 2.61. The van der Waals surface area contributed by atoms with Crippen molar-refractivity contribution >= 4 is 17.5 Å². The van der Waals surface area contributed by atoms with Crippen LogP contribution in [0.1, 0.15) is 24.3 Å². The maximum Gasteiger partial charge on any atom is 0.471 e. The Balaban J connectivity index is 1.68. The molecule has 0 aliphatic carbocycles. The van der Waals surface area contributed by atoms with E-state index >= 15 is 0 Å². The minimum absolute atomic E-state index is 0.178. The lowest BCUT2D eigenvalue weighted by Crippen LogP contribution is -2.33. The number of carbonyl (C=O) groups excluding carboxylic acids is 1. The quantitative estimate of drug-likeness (QED) is 0.888. The largest absolute Gasteiger partial charge is 0.471 e. The van der Waals surface area contributed by atoms with Gasteiger partial charge < -0.3 is 14.6 Å². The molecule has 1 aromatic carbocycles. The van der Waals surface area contributed by atoms with Crippen LogP contribution in [0, 0.1) is 0 Å². The van der Waals surface area contributed by atoms with E-state index in [4.69, 9.17) is 16.3 Å². The van der Waals surface area contributed by atoms with Crippen molar-refractivity contribution in [2.45, 2.75) is 31.7 Å². The van der Waals surface area contributed by atoms with E-state index in [9.17, 15) is 18.0 Å². The molecule has 1 aliphatic heterocycles. The van der Waals surface area contributed by atoms with E-state index in [1.54, 1.807) is 6.07 Å². The summed E-state index contributed by atoms with van der Waals surface area (Å²) in [6.07, 6.45) is -3.63. The van der Waals surface area contributed by atoms with Crippen molar-refractivity contribution in [2.75, 3.05) is 6.61 Å². The van der Waals surface area contributed by atoms with Gasteiger partial charge in [0.1, 0.15) is 6.10 Å². The van der Waals surface area contributed by atoms with Crippen LogP contribution >= 0.6 is 11.6 Å². The molecule has 0 spiro atoms. The molecule has 10 heteroatoms. The number of aromatic nitrogens is 2. The standard InChI is InChI=1S/C15H13ClF3N3O3/c16-10-6-8(12-21-14(25-22-12)15(17,18)19)3-4-9(10)7-20-13(23)11-2-1-5-24-11/h3-4,6,11H,1-2,5,7H2,(H,20,23). The normalized spacial score (nSPS) is 17.7. The van der Waals surface area contributed by atoms with Gasteiger partial charge in [-0.25, -0.2) is 0 Å². The molecule has 2 aromatic rings. The molecular weight excluding hydrogens is 363 g/mol. The van der Waals surface area contributed by atoms with Gasteiger partial charge in [0.25, 0.3) is 0 Å². The molecule has 1 amide bonds. The molecule has 1 unspecified atom stereocenters. The van der Waals surface area contributed by atoms with Crippen LogP contribution in [0.5, 0.6) is 0 Å². The molecule has 1 N–H and O–H groups in total. The van der Waals surface area contributed by atoms with Crippen molar-refractivity contribution < 1.29 is 27.2 Å². The van der Waals surface area contributed by atoms with Crippen molar-refractivity contribution in [3.8, 4) is 11.4 Å². The van der Waals surface area contributed by atoms with Crippen molar-refractivity contribution in [1.29, 1.82) is 0 Å². The second kappa shape index (κ2) is 7.01. The second-order valence-corrected chi connectivity index (χ2v) is 5.85. The smallest absolute Gasteiger partial charge is 0.368 e. The summed E-state index contributed by atoms with van der Waals surface area (Å²) in [5, 5.41) is 6.28. The Morgan fingerprint density at radius 1 is 1.40 bits per heavy atom. The Morgan fingerprint density at radius 3 is 2.80 bits per heavy atom. The molecule has 6 nitrogen and oxygen atoms in total. The summed E-state index contributed by atoms with van der Waals surface area (Å²) in [6, 6.07) is 4.50. The van der Waals surface area contributed by atoms with E-state index in [1.807, 2.05) is 0 Å². The van der Waals surface area contributed by atoms with Gasteiger partial charge in [-0.2, -0.15) is 18.2 Å². The topological polar surface area (TPSA) is 77.3 Å². The average molecular weight is 376 g/mol. The third-order valence-electron chi connectivity index (χ3n) is 3.65. The predicted octanol–water partition coefficient (Wildman–Crippen LogP) is 3.20. The van der Waals surface area contributed by atoms with Crippen LogP contribution in [0.2, 0.25) is 5.02 Å². The van der Waals surface area contributed by atoms with E-state index in [1.165, 1.54) is 12.1 Å². The van der Waals surface area contributed by atoms with Crippen LogP contribution in [0.15, 0.2) is 22.7 Å². The van der Waals surface area contributed by atoms with Gasteiger partial charge in [-0.15, -0.1) is 0 Å². The molecule has 134 valence electrons. The number of rotatable bonds is 4. The van der Waals surface area contributed by atoms with Crippen LogP contribution in [0.3, 0.4) is 0 Å². The van der Waals surface area contributed by atoms with Gasteiger partial charge in [-0.05, 0) is 24.5 Å². The first kappa shape index (κ1) is 17.7. The maximum atomic E-state index is 12.5. The molecule has 1 fully saturated rings. The van der Waals surface area contributed by atoms with E-state index in [0.29, 0.717) is 18.6 Å². The lowest BCUT2D eigenvalue weighted by molar-refractivity contribution is -0.159. The number of hydrogen-bond acceptors (Lipinski definition) is 5. The summed E-state index contributed by atoms with van der Waals surface area (Å²) in [7, 11) is 0. The highest BCUT2D eigenvalue weighted by Gasteiger charge is 2.38. The molecular formula is C15H13ClF3N3O3. The Hall–Kier alpha value is -2.13. The SMILES string of the molecule is O=C(NCc1ccc(-c2noc(C(F)(F)F)n2)cc1Cl)C1CCCO1. The molecule has 3 rings (SSSR count). The van der Waals surface area contributed by atoms with Gasteiger partial charge in [0.05, 0.1) is 0 Å². The summed E-state index contributed by atoms with van der Waals surface area (Å²) in [6.45, 7) is 0.746. The zero-order chi connectivity index (χ0) is 18.0. The van der Waals surface area contributed by atoms with Gasteiger partial charge in [0.2, 0.25) is 11.7 Å². The number of hydrogen-bond donors (Lipinski definition) is 1. The van der Waals surface area contributed by atoms with Gasteiger partial charge in [0.15, 0.2) is 0 Å². The van der Waals surface area contributed by atoms with Crippen LogP contribution in [-0.4, -0.2) is 28.8 Å². The van der Waals surface area contributed by atoms with E-state index < -0.39 is 18.2 Å².